The molecule has 0 radical (unpaired) electrons. The van der Waals surface area contributed by atoms with E-state index in [-0.39, 0.29) is 33.7 Å². The van der Waals surface area contributed by atoms with E-state index in [4.69, 9.17) is 9.47 Å². The van der Waals surface area contributed by atoms with Crippen LogP contribution in [0.5, 0.6) is 5.75 Å². The Kier molecular flexibility index (Phi) is 6.90. The standard InChI is InChI=1S/C18H17BrO5S/c1-23-17-14(15(20)10-19)9-8-12(16(17)18(21)24-2)11-25(22)13-6-4-3-5-7-13/h3-9H,10-11H2,1-2H3. The highest BCUT2D eigenvalue weighted by Crippen LogP contribution is 2.30. The molecule has 132 valence electrons. The minimum Gasteiger partial charge on any atom is -0.495 e. The van der Waals surface area contributed by atoms with E-state index >= 15 is 0 Å². The summed E-state index contributed by atoms with van der Waals surface area (Å²) in [6.07, 6.45) is 0. The summed E-state index contributed by atoms with van der Waals surface area (Å²) in [5.74, 6) is -0.620. The van der Waals surface area contributed by atoms with Crippen molar-refractivity contribution in [1.82, 2.24) is 0 Å². The zero-order valence-corrected chi connectivity index (χ0v) is 16.2. The van der Waals surface area contributed by atoms with E-state index < -0.39 is 16.8 Å². The zero-order valence-electron chi connectivity index (χ0n) is 13.8. The van der Waals surface area contributed by atoms with Crippen molar-refractivity contribution in [3.63, 3.8) is 0 Å². The van der Waals surface area contributed by atoms with E-state index in [1.54, 1.807) is 36.4 Å². The van der Waals surface area contributed by atoms with E-state index in [1.165, 1.54) is 14.2 Å². The molecule has 0 fully saturated rings. The van der Waals surface area contributed by atoms with Gasteiger partial charge < -0.3 is 9.47 Å². The van der Waals surface area contributed by atoms with Gasteiger partial charge in [0, 0.05) is 4.90 Å². The van der Waals surface area contributed by atoms with Crippen molar-refractivity contribution < 1.29 is 23.3 Å². The van der Waals surface area contributed by atoms with E-state index in [1.807, 2.05) is 6.07 Å². The van der Waals surface area contributed by atoms with Gasteiger partial charge in [-0.05, 0) is 23.8 Å². The van der Waals surface area contributed by atoms with Crippen LogP contribution in [0.1, 0.15) is 26.3 Å². The second-order valence-electron chi connectivity index (χ2n) is 5.03. The van der Waals surface area contributed by atoms with Crippen LogP contribution in [0, 0.1) is 0 Å². The van der Waals surface area contributed by atoms with Crippen LogP contribution in [0.25, 0.3) is 0 Å². The summed E-state index contributed by atoms with van der Waals surface area (Å²) in [5, 5.41) is 0.0965. The van der Waals surface area contributed by atoms with Gasteiger partial charge in [0.15, 0.2) is 5.78 Å². The SMILES string of the molecule is COC(=O)c1c(CS(=O)c2ccccc2)ccc(C(=O)CBr)c1OC. The number of halogens is 1. The number of ketones is 1. The van der Waals surface area contributed by atoms with E-state index in [9.17, 15) is 13.8 Å². The lowest BCUT2D eigenvalue weighted by atomic mass is 10.0. The highest BCUT2D eigenvalue weighted by atomic mass is 79.9. The number of benzene rings is 2. The Bertz CT molecular complexity index is 805. The molecular weight excluding hydrogens is 408 g/mol. The lowest BCUT2D eigenvalue weighted by molar-refractivity contribution is 0.0596. The molecule has 1 atom stereocenters. The summed E-state index contributed by atoms with van der Waals surface area (Å²) in [4.78, 5) is 25.0. The molecule has 0 bridgehead atoms. The minimum absolute atomic E-state index is 0.0965. The molecule has 7 heteroatoms. The normalized spacial score (nSPS) is 11.6. The molecule has 0 N–H and O–H groups in total. The molecule has 0 heterocycles. The Morgan fingerprint density at radius 1 is 1.08 bits per heavy atom. The average Bonchev–Trinajstić information content (AvgIpc) is 2.66. The van der Waals surface area contributed by atoms with Gasteiger partial charge in [0.1, 0.15) is 11.3 Å². The molecule has 2 aromatic rings. The minimum atomic E-state index is -1.35. The molecule has 25 heavy (non-hydrogen) atoms. The maximum absolute atomic E-state index is 12.6. The van der Waals surface area contributed by atoms with Crippen LogP contribution in [0.4, 0.5) is 0 Å². The molecule has 0 aliphatic carbocycles. The van der Waals surface area contributed by atoms with Crippen LogP contribution in [0.2, 0.25) is 0 Å². The average molecular weight is 425 g/mol. The number of ether oxygens (including phenoxy) is 2. The first-order valence-corrected chi connectivity index (χ1v) is 9.78. The summed E-state index contributed by atoms with van der Waals surface area (Å²) in [6.45, 7) is 0. The molecular formula is C18H17BrO5S. The number of hydrogen-bond donors (Lipinski definition) is 0. The Labute approximate surface area is 156 Å². The van der Waals surface area contributed by atoms with E-state index in [2.05, 4.69) is 15.9 Å². The van der Waals surface area contributed by atoms with Crippen molar-refractivity contribution in [3.8, 4) is 5.75 Å². The Morgan fingerprint density at radius 3 is 2.32 bits per heavy atom. The first-order chi connectivity index (χ1) is 12.0. The molecule has 0 aromatic heterocycles. The first-order valence-electron chi connectivity index (χ1n) is 7.34. The fourth-order valence-corrected chi connectivity index (χ4v) is 3.82. The van der Waals surface area contributed by atoms with Crippen molar-refractivity contribution in [2.24, 2.45) is 0 Å². The third-order valence-electron chi connectivity index (χ3n) is 3.55. The van der Waals surface area contributed by atoms with Gasteiger partial charge in [-0.1, -0.05) is 40.2 Å². The summed E-state index contributed by atoms with van der Waals surface area (Å²) < 4.78 is 22.7. The fourth-order valence-electron chi connectivity index (χ4n) is 2.37. The molecule has 0 aliphatic rings. The second-order valence-corrected chi connectivity index (χ2v) is 7.04. The maximum Gasteiger partial charge on any atom is 0.341 e. The number of hydrogen-bond acceptors (Lipinski definition) is 5. The zero-order chi connectivity index (χ0) is 18.4. The van der Waals surface area contributed by atoms with E-state index in [0.717, 1.165) is 0 Å². The van der Waals surface area contributed by atoms with Gasteiger partial charge in [-0.25, -0.2) is 4.79 Å². The van der Waals surface area contributed by atoms with Gasteiger partial charge in [0.05, 0.1) is 41.7 Å². The lowest BCUT2D eigenvalue weighted by Crippen LogP contribution is -2.14. The monoisotopic (exact) mass is 424 g/mol. The number of Topliss-reactive ketones (excluding diaryl/α,β-unsaturated/α-hetero) is 1. The Balaban J connectivity index is 2.52. The number of rotatable bonds is 7. The van der Waals surface area contributed by atoms with Gasteiger partial charge in [0.25, 0.3) is 0 Å². The smallest absolute Gasteiger partial charge is 0.341 e. The van der Waals surface area contributed by atoms with Crippen LogP contribution >= 0.6 is 15.9 Å². The second kappa shape index (κ2) is 8.92. The maximum atomic E-state index is 12.6. The van der Waals surface area contributed by atoms with Gasteiger partial charge in [-0.2, -0.15) is 0 Å². The summed E-state index contributed by atoms with van der Waals surface area (Å²) in [7, 11) is 1.28. The number of carbonyl (C=O) groups excluding carboxylic acids is 2. The van der Waals surface area contributed by atoms with Gasteiger partial charge in [-0.15, -0.1) is 0 Å². The molecule has 0 saturated heterocycles. The predicted molar refractivity (Wildman–Crippen MR) is 99.0 cm³/mol. The molecule has 0 aliphatic heterocycles. The number of esters is 1. The molecule has 2 rings (SSSR count). The van der Waals surface area contributed by atoms with Crippen LogP contribution in [0.15, 0.2) is 47.4 Å². The van der Waals surface area contributed by atoms with Crippen LogP contribution < -0.4 is 4.74 Å². The highest BCUT2D eigenvalue weighted by Gasteiger charge is 2.25. The van der Waals surface area contributed by atoms with Crippen LogP contribution in [0.3, 0.4) is 0 Å². The van der Waals surface area contributed by atoms with Crippen LogP contribution in [-0.4, -0.2) is 35.5 Å². The highest BCUT2D eigenvalue weighted by molar-refractivity contribution is 9.09. The third kappa shape index (κ3) is 4.35. The van der Waals surface area contributed by atoms with Gasteiger partial charge >= 0.3 is 5.97 Å². The van der Waals surface area contributed by atoms with Crippen molar-refractivity contribution in [3.05, 3.63) is 59.2 Å². The molecule has 0 saturated carbocycles. The first kappa shape index (κ1) is 19.3. The van der Waals surface area contributed by atoms with Crippen molar-refractivity contribution in [2.75, 3.05) is 19.5 Å². The predicted octanol–water partition coefficient (Wildman–Crippen LogP) is 3.37. The summed E-state index contributed by atoms with van der Waals surface area (Å²) >= 11 is 3.11. The van der Waals surface area contributed by atoms with Crippen LogP contribution in [-0.2, 0) is 21.3 Å². The number of alkyl halides is 1. The molecule has 0 spiro atoms. The van der Waals surface area contributed by atoms with Crippen molar-refractivity contribution in [1.29, 1.82) is 0 Å². The largest absolute Gasteiger partial charge is 0.495 e. The lowest BCUT2D eigenvalue weighted by Gasteiger charge is -2.15. The van der Waals surface area contributed by atoms with Crippen molar-refractivity contribution >= 4 is 38.5 Å². The van der Waals surface area contributed by atoms with E-state index in [0.29, 0.717) is 10.5 Å². The fraction of sp³-hybridized carbons (Fsp3) is 0.222. The molecule has 2 aromatic carbocycles. The van der Waals surface area contributed by atoms with Crippen molar-refractivity contribution in [2.45, 2.75) is 10.6 Å². The van der Waals surface area contributed by atoms with Gasteiger partial charge in [0.2, 0.25) is 0 Å². The summed E-state index contributed by atoms with van der Waals surface area (Å²) in [5.41, 5.74) is 0.895. The number of methoxy groups -OCH3 is 2. The number of carbonyl (C=O) groups is 2. The van der Waals surface area contributed by atoms with Gasteiger partial charge in [-0.3, -0.25) is 9.00 Å². The summed E-state index contributed by atoms with van der Waals surface area (Å²) in [6, 6.07) is 12.1. The molecule has 5 nitrogen and oxygen atoms in total. The quantitative estimate of drug-likeness (QED) is 0.387. The Morgan fingerprint density at radius 2 is 1.76 bits per heavy atom. The topological polar surface area (TPSA) is 69.7 Å². The molecule has 1 unspecified atom stereocenters. The molecule has 0 amide bonds. The Hall–Kier alpha value is -1.99. The third-order valence-corrected chi connectivity index (χ3v) is 5.43.